The minimum atomic E-state index is -0.575. The van der Waals surface area contributed by atoms with E-state index in [0.29, 0.717) is 30.6 Å². The summed E-state index contributed by atoms with van der Waals surface area (Å²) in [7, 11) is 1.52. The predicted octanol–water partition coefficient (Wildman–Crippen LogP) is 3.94. The van der Waals surface area contributed by atoms with Gasteiger partial charge in [-0.1, -0.05) is 19.1 Å². The van der Waals surface area contributed by atoms with Gasteiger partial charge < -0.3 is 4.74 Å². The molecule has 1 N–H and O–H groups in total. The molecule has 0 atom stereocenters. The number of benzene rings is 1. The van der Waals surface area contributed by atoms with E-state index in [0.717, 1.165) is 12.8 Å². The monoisotopic (exact) mass is 358 g/mol. The second-order valence-corrected chi connectivity index (χ2v) is 7.00. The van der Waals surface area contributed by atoms with E-state index < -0.39 is 5.54 Å². The lowest BCUT2D eigenvalue weighted by Crippen LogP contribution is -2.55. The number of ether oxygens (including phenoxy) is 1. The highest BCUT2D eigenvalue weighted by molar-refractivity contribution is 5.98. The van der Waals surface area contributed by atoms with Crippen LogP contribution in [-0.4, -0.2) is 29.5 Å². The number of unbranched alkanes of at least 4 members (excludes halogenated alkanes) is 2. The number of hydrogen-bond donors (Lipinski definition) is 1. The van der Waals surface area contributed by atoms with Crippen LogP contribution in [0.5, 0.6) is 5.75 Å². The highest BCUT2D eigenvalue weighted by Crippen LogP contribution is 2.22. The largest absolute Gasteiger partial charge is 0.496 e. The molecule has 2 amide bonds. The van der Waals surface area contributed by atoms with Crippen molar-refractivity contribution in [3.63, 3.8) is 0 Å². The van der Waals surface area contributed by atoms with E-state index >= 15 is 0 Å². The van der Waals surface area contributed by atoms with Crippen molar-refractivity contribution in [3.05, 3.63) is 29.8 Å². The van der Waals surface area contributed by atoms with Crippen molar-refractivity contribution in [2.75, 3.05) is 7.11 Å². The number of methoxy groups -OCH3 is 1. The standard InChI is InChI=1S/C21H30N2O3/c1-6-7-8-9-10-11-16-19(24)22-23(21(2,3)4)20(25)17-14-12-13-15-18(17)26-5/h12-15H,6-7,10-11,16H2,1-5H3,(H,22,24). The molecule has 142 valence electrons. The van der Waals surface area contributed by atoms with Crippen LogP contribution >= 0.6 is 0 Å². The quantitative estimate of drug-likeness (QED) is 0.476. The van der Waals surface area contributed by atoms with Crippen molar-refractivity contribution in [1.82, 2.24) is 10.4 Å². The SMILES string of the molecule is CCCC#CCCCC(=O)NN(C(=O)c1ccccc1OC)C(C)(C)C. The van der Waals surface area contributed by atoms with Crippen LogP contribution in [0.15, 0.2) is 24.3 Å². The molecular weight excluding hydrogens is 328 g/mol. The minimum absolute atomic E-state index is 0.194. The van der Waals surface area contributed by atoms with E-state index in [1.807, 2.05) is 20.8 Å². The van der Waals surface area contributed by atoms with Crippen LogP contribution in [0, 0.1) is 11.8 Å². The Morgan fingerprint density at radius 2 is 1.81 bits per heavy atom. The predicted molar refractivity (Wildman–Crippen MR) is 104 cm³/mol. The Labute approximate surface area is 157 Å². The third-order valence-corrected chi connectivity index (χ3v) is 3.65. The van der Waals surface area contributed by atoms with Crippen LogP contribution in [0.2, 0.25) is 0 Å². The molecule has 0 fully saturated rings. The number of para-hydroxylation sites is 1. The van der Waals surface area contributed by atoms with Gasteiger partial charge in [0.15, 0.2) is 0 Å². The first kappa shape index (κ1) is 21.6. The molecule has 0 saturated heterocycles. The molecule has 0 bridgehead atoms. The molecular formula is C21H30N2O3. The second kappa shape index (κ2) is 10.5. The molecule has 0 heterocycles. The summed E-state index contributed by atoms with van der Waals surface area (Å²) >= 11 is 0. The van der Waals surface area contributed by atoms with E-state index in [4.69, 9.17) is 4.74 Å². The molecule has 26 heavy (non-hydrogen) atoms. The van der Waals surface area contributed by atoms with Crippen molar-refractivity contribution in [2.24, 2.45) is 0 Å². The molecule has 0 saturated carbocycles. The van der Waals surface area contributed by atoms with Gasteiger partial charge in [-0.05, 0) is 45.7 Å². The Kier molecular flexibility index (Phi) is 8.71. The van der Waals surface area contributed by atoms with Crippen LogP contribution < -0.4 is 10.2 Å². The van der Waals surface area contributed by atoms with E-state index in [-0.39, 0.29) is 11.8 Å². The van der Waals surface area contributed by atoms with Crippen LogP contribution in [0.3, 0.4) is 0 Å². The first-order chi connectivity index (χ1) is 12.3. The number of carbonyl (C=O) groups excluding carboxylic acids is 2. The van der Waals surface area contributed by atoms with Gasteiger partial charge >= 0.3 is 0 Å². The molecule has 0 radical (unpaired) electrons. The molecule has 0 aliphatic rings. The molecule has 0 aliphatic heterocycles. The zero-order chi connectivity index (χ0) is 19.6. The smallest absolute Gasteiger partial charge is 0.276 e. The molecule has 1 aromatic carbocycles. The minimum Gasteiger partial charge on any atom is -0.496 e. The van der Waals surface area contributed by atoms with E-state index in [9.17, 15) is 9.59 Å². The number of nitrogens with zero attached hydrogens (tertiary/aromatic N) is 1. The molecule has 5 nitrogen and oxygen atoms in total. The zero-order valence-electron chi connectivity index (χ0n) is 16.5. The molecule has 1 aromatic rings. The average Bonchev–Trinajstić information content (AvgIpc) is 2.61. The summed E-state index contributed by atoms with van der Waals surface area (Å²) in [6, 6.07) is 6.99. The fourth-order valence-electron chi connectivity index (χ4n) is 2.28. The maximum Gasteiger partial charge on any atom is 0.276 e. The Hall–Kier alpha value is -2.48. The van der Waals surface area contributed by atoms with Gasteiger partial charge in [0.1, 0.15) is 5.75 Å². The fraction of sp³-hybridized carbons (Fsp3) is 0.524. The molecule has 5 heteroatoms. The highest BCUT2D eigenvalue weighted by Gasteiger charge is 2.30. The van der Waals surface area contributed by atoms with Gasteiger partial charge in [-0.2, -0.15) is 0 Å². The lowest BCUT2D eigenvalue weighted by Gasteiger charge is -2.35. The van der Waals surface area contributed by atoms with Crippen LogP contribution in [0.25, 0.3) is 0 Å². The normalized spacial score (nSPS) is 10.5. The van der Waals surface area contributed by atoms with Crippen LogP contribution in [0.4, 0.5) is 0 Å². The first-order valence-corrected chi connectivity index (χ1v) is 9.04. The van der Waals surface area contributed by atoms with E-state index in [1.165, 1.54) is 12.1 Å². The third-order valence-electron chi connectivity index (χ3n) is 3.65. The molecule has 0 spiro atoms. The summed E-state index contributed by atoms with van der Waals surface area (Å²) in [4.78, 5) is 25.3. The summed E-state index contributed by atoms with van der Waals surface area (Å²) < 4.78 is 5.27. The number of nitrogens with one attached hydrogen (secondary N) is 1. The Bertz CT molecular complexity index is 666. The molecule has 0 aromatic heterocycles. The van der Waals surface area contributed by atoms with Gasteiger partial charge in [0.25, 0.3) is 5.91 Å². The number of rotatable bonds is 6. The van der Waals surface area contributed by atoms with Gasteiger partial charge in [0, 0.05) is 19.3 Å². The van der Waals surface area contributed by atoms with Crippen LogP contribution in [-0.2, 0) is 4.79 Å². The molecule has 0 aliphatic carbocycles. The summed E-state index contributed by atoms with van der Waals surface area (Å²) in [5.41, 5.74) is 2.59. The zero-order valence-corrected chi connectivity index (χ0v) is 16.5. The van der Waals surface area contributed by atoms with Crippen LogP contribution in [0.1, 0.15) is 70.2 Å². The third kappa shape index (κ3) is 6.79. The first-order valence-electron chi connectivity index (χ1n) is 9.04. The lowest BCUT2D eigenvalue weighted by atomic mass is 10.1. The summed E-state index contributed by atoms with van der Waals surface area (Å²) in [6.45, 7) is 7.70. The van der Waals surface area contributed by atoms with Crippen molar-refractivity contribution in [3.8, 4) is 17.6 Å². The summed E-state index contributed by atoms with van der Waals surface area (Å²) in [5.74, 6) is 6.11. The maximum absolute atomic E-state index is 13.0. The van der Waals surface area contributed by atoms with Crippen molar-refractivity contribution < 1.29 is 14.3 Å². The number of amides is 2. The molecule has 0 unspecified atom stereocenters. The van der Waals surface area contributed by atoms with Crippen molar-refractivity contribution in [1.29, 1.82) is 0 Å². The number of hydrazine groups is 1. The summed E-state index contributed by atoms with van der Waals surface area (Å²) in [6.07, 6.45) is 3.61. The topological polar surface area (TPSA) is 58.6 Å². The molecule has 1 rings (SSSR count). The lowest BCUT2D eigenvalue weighted by molar-refractivity contribution is -0.126. The van der Waals surface area contributed by atoms with Crippen molar-refractivity contribution in [2.45, 2.75) is 65.3 Å². The van der Waals surface area contributed by atoms with Crippen molar-refractivity contribution >= 4 is 11.8 Å². The maximum atomic E-state index is 13.0. The Balaban J connectivity index is 2.78. The Morgan fingerprint density at radius 1 is 1.15 bits per heavy atom. The van der Waals surface area contributed by atoms with Gasteiger partial charge in [-0.25, -0.2) is 5.01 Å². The summed E-state index contributed by atoms with van der Waals surface area (Å²) in [5, 5.41) is 1.37. The number of carbonyl (C=O) groups is 2. The van der Waals surface area contributed by atoms with Gasteiger partial charge in [0.05, 0.1) is 18.2 Å². The van der Waals surface area contributed by atoms with Gasteiger partial charge in [-0.15, -0.1) is 11.8 Å². The van der Waals surface area contributed by atoms with E-state index in [2.05, 4.69) is 24.2 Å². The second-order valence-electron chi connectivity index (χ2n) is 7.00. The number of hydrogen-bond acceptors (Lipinski definition) is 3. The average molecular weight is 358 g/mol. The fourth-order valence-corrected chi connectivity index (χ4v) is 2.28. The highest BCUT2D eigenvalue weighted by atomic mass is 16.5. The Morgan fingerprint density at radius 3 is 2.42 bits per heavy atom. The van der Waals surface area contributed by atoms with Gasteiger partial charge in [0.2, 0.25) is 5.91 Å². The van der Waals surface area contributed by atoms with Gasteiger partial charge in [-0.3, -0.25) is 15.0 Å². The van der Waals surface area contributed by atoms with E-state index in [1.54, 1.807) is 24.3 Å².